The molecule has 1 N–H and O–H groups in total. The minimum atomic E-state index is -1.21. The maximum absolute atomic E-state index is 10.5. The van der Waals surface area contributed by atoms with E-state index in [1.165, 1.54) is 0 Å². The lowest BCUT2D eigenvalue weighted by atomic mass is 10.5. The van der Waals surface area contributed by atoms with Crippen LogP contribution >= 0.6 is 0 Å². The number of carbonyl (C=O) groups excluding carboxylic acids is 1. The molecule has 12 heavy (non-hydrogen) atoms. The van der Waals surface area contributed by atoms with Crippen LogP contribution in [0.4, 0.5) is 0 Å². The van der Waals surface area contributed by atoms with Crippen molar-refractivity contribution in [2.75, 3.05) is 6.61 Å². The first kappa shape index (κ1) is 11.8. The Hall–Kier alpha value is -0.179. The average Bonchev–Trinajstić information content (AvgIpc) is 2.11. The van der Waals surface area contributed by atoms with Crippen LogP contribution < -0.4 is 0 Å². The Bertz CT molecular complexity index is 151. The average molecular weight is 214 g/mol. The molecule has 6 heteroatoms. The summed E-state index contributed by atoms with van der Waals surface area (Å²) in [6, 6.07) is 0.747. The predicted molar refractivity (Wildman–Crippen MR) is 50.1 cm³/mol. The smallest absolute Gasteiger partial charge is 0.330 e. The van der Waals surface area contributed by atoms with Crippen molar-refractivity contribution in [2.24, 2.45) is 0 Å². The van der Waals surface area contributed by atoms with Gasteiger partial charge in [-0.05, 0) is 12.5 Å². The van der Waals surface area contributed by atoms with Crippen molar-refractivity contribution in [1.29, 1.82) is 0 Å². The summed E-state index contributed by atoms with van der Waals surface area (Å²) < 4.78 is 4.72. The zero-order valence-corrected chi connectivity index (χ0v) is 9.67. The number of hydrogen-bond donors (Lipinski definition) is 1. The standard InChI is InChI=1S/C6H10O3Si3/c1-2-6(7)9-4-3-5-12(8)11-10/h2,8H,1,3-5H2. The number of carbonyl (C=O) groups is 1. The number of ether oxygens (including phenoxy) is 1. The van der Waals surface area contributed by atoms with Gasteiger partial charge < -0.3 is 9.53 Å². The van der Waals surface area contributed by atoms with Gasteiger partial charge in [0.2, 0.25) is 0 Å². The molecule has 0 saturated carbocycles. The van der Waals surface area contributed by atoms with Gasteiger partial charge in [-0.2, -0.15) is 0 Å². The summed E-state index contributed by atoms with van der Waals surface area (Å²) in [7, 11) is 2.48. The Morgan fingerprint density at radius 2 is 2.50 bits per heavy atom. The van der Waals surface area contributed by atoms with Crippen LogP contribution in [0.5, 0.6) is 0 Å². The summed E-state index contributed by atoms with van der Waals surface area (Å²) in [6.07, 6.45) is 1.86. The minimum absolute atomic E-state index is 0.371. The topological polar surface area (TPSA) is 46.5 Å². The monoisotopic (exact) mass is 214 g/mol. The van der Waals surface area contributed by atoms with Crippen molar-refractivity contribution in [2.45, 2.75) is 12.5 Å². The van der Waals surface area contributed by atoms with E-state index in [0.29, 0.717) is 15.2 Å². The van der Waals surface area contributed by atoms with E-state index in [1.54, 1.807) is 0 Å². The van der Waals surface area contributed by atoms with Crippen molar-refractivity contribution in [3.63, 3.8) is 0 Å². The van der Waals surface area contributed by atoms with E-state index in [1.807, 2.05) is 0 Å². The lowest BCUT2D eigenvalue weighted by Crippen LogP contribution is -2.22. The summed E-state index contributed by atoms with van der Waals surface area (Å²) in [4.78, 5) is 19.7. The van der Waals surface area contributed by atoms with Gasteiger partial charge in [-0.3, -0.25) is 0 Å². The Kier molecular flexibility index (Phi) is 7.36. The molecule has 0 fully saturated rings. The molecule has 0 bridgehead atoms. The maximum atomic E-state index is 10.5. The maximum Gasteiger partial charge on any atom is 0.330 e. The molecule has 0 spiro atoms. The normalized spacial score (nSPS) is 9.92. The fraction of sp³-hybridized carbons (Fsp3) is 0.500. The van der Waals surface area contributed by atoms with Crippen LogP contribution in [0.1, 0.15) is 6.42 Å². The predicted octanol–water partition coefficient (Wildman–Crippen LogP) is -0.626. The molecule has 0 aromatic rings. The molecule has 0 rings (SSSR count). The Balaban J connectivity index is 3.21. The summed E-state index contributed by atoms with van der Waals surface area (Å²) in [5.41, 5.74) is 0. The molecular weight excluding hydrogens is 204 g/mol. The molecule has 0 aliphatic rings. The third-order valence-electron chi connectivity index (χ3n) is 1.11. The molecule has 0 aliphatic carbocycles. The first-order valence-corrected chi connectivity index (χ1v) is 8.63. The zero-order valence-electron chi connectivity index (χ0n) is 6.67. The number of esters is 1. The van der Waals surface area contributed by atoms with Crippen molar-refractivity contribution < 1.29 is 14.3 Å². The zero-order chi connectivity index (χ0) is 9.40. The van der Waals surface area contributed by atoms with Gasteiger partial charge >= 0.3 is 5.97 Å². The third-order valence-corrected chi connectivity index (χ3v) is 6.44. The molecule has 0 atom stereocenters. The fourth-order valence-corrected chi connectivity index (χ4v) is 3.17. The van der Waals surface area contributed by atoms with Gasteiger partial charge in [0.05, 0.1) is 6.61 Å². The van der Waals surface area contributed by atoms with E-state index >= 15 is 0 Å². The van der Waals surface area contributed by atoms with Gasteiger partial charge in [-0.1, -0.05) is 6.58 Å². The molecule has 0 saturated heterocycles. The molecule has 0 unspecified atom stereocenters. The molecule has 0 amide bonds. The van der Waals surface area contributed by atoms with Crippen molar-refractivity contribution in [1.82, 2.24) is 0 Å². The van der Waals surface area contributed by atoms with E-state index in [-0.39, 0.29) is 0 Å². The molecule has 0 aromatic heterocycles. The Morgan fingerprint density at radius 3 is 3.00 bits per heavy atom. The van der Waals surface area contributed by atoms with Gasteiger partial charge in [-0.25, -0.2) is 4.79 Å². The number of rotatable bonds is 6. The third kappa shape index (κ3) is 6.53. The van der Waals surface area contributed by atoms with Crippen molar-refractivity contribution in [3.8, 4) is 0 Å². The number of hydrogen-bond acceptors (Lipinski definition) is 3. The second-order valence-corrected chi connectivity index (χ2v) is 8.42. The second-order valence-electron chi connectivity index (χ2n) is 2.05. The van der Waals surface area contributed by atoms with Crippen LogP contribution in [0.2, 0.25) is 6.04 Å². The minimum Gasteiger partial charge on any atom is -0.463 e. The van der Waals surface area contributed by atoms with Gasteiger partial charge in [0.15, 0.2) is 8.56 Å². The van der Waals surface area contributed by atoms with Crippen LogP contribution in [-0.4, -0.2) is 44.2 Å². The SMILES string of the molecule is C=CC(=O)OCCC[Si](O)[Si][Si]. The largest absolute Gasteiger partial charge is 0.463 e. The van der Waals surface area contributed by atoms with E-state index in [4.69, 9.17) is 4.74 Å². The molecule has 0 aliphatic heterocycles. The summed E-state index contributed by atoms with van der Waals surface area (Å²) in [6.45, 7) is 3.64. The van der Waals surface area contributed by atoms with E-state index in [0.717, 1.165) is 18.5 Å². The van der Waals surface area contributed by atoms with Crippen LogP contribution in [0.25, 0.3) is 0 Å². The highest BCUT2D eigenvalue weighted by Gasteiger charge is 2.04. The molecule has 0 heterocycles. The fourth-order valence-electron chi connectivity index (χ4n) is 0.534. The van der Waals surface area contributed by atoms with Crippen molar-refractivity contribution >= 4 is 32.8 Å². The van der Waals surface area contributed by atoms with Gasteiger partial charge in [0.1, 0.15) is 0 Å². The lowest BCUT2D eigenvalue weighted by Gasteiger charge is -2.03. The van der Waals surface area contributed by atoms with Crippen LogP contribution in [-0.2, 0) is 9.53 Å². The Morgan fingerprint density at radius 1 is 1.83 bits per heavy atom. The van der Waals surface area contributed by atoms with Crippen LogP contribution in [0, 0.1) is 0 Å². The molecule has 6 radical (unpaired) electrons. The second kappa shape index (κ2) is 7.47. The first-order chi connectivity index (χ1) is 5.70. The highest BCUT2D eigenvalue weighted by atomic mass is 29.5. The summed E-state index contributed by atoms with van der Waals surface area (Å²) in [5.74, 6) is -0.400. The van der Waals surface area contributed by atoms with E-state index in [2.05, 4.69) is 16.3 Å². The highest BCUT2D eigenvalue weighted by molar-refractivity contribution is 7.28. The quantitative estimate of drug-likeness (QED) is 0.277. The highest BCUT2D eigenvalue weighted by Crippen LogP contribution is 1.94. The molecule has 0 aromatic carbocycles. The lowest BCUT2D eigenvalue weighted by molar-refractivity contribution is -0.137. The van der Waals surface area contributed by atoms with Gasteiger partial charge in [0, 0.05) is 24.4 Å². The van der Waals surface area contributed by atoms with Crippen LogP contribution in [0.3, 0.4) is 0 Å². The van der Waals surface area contributed by atoms with Gasteiger partial charge in [-0.15, -0.1) is 0 Å². The van der Waals surface area contributed by atoms with Crippen LogP contribution in [0.15, 0.2) is 12.7 Å². The molecular formula is C6H10O3Si3. The Labute approximate surface area is 79.4 Å². The first-order valence-electron chi connectivity index (χ1n) is 3.47. The van der Waals surface area contributed by atoms with E-state index in [9.17, 15) is 9.59 Å². The van der Waals surface area contributed by atoms with Crippen molar-refractivity contribution in [3.05, 3.63) is 12.7 Å². The summed E-state index contributed by atoms with van der Waals surface area (Å²) in [5, 5.41) is 0. The van der Waals surface area contributed by atoms with E-state index < -0.39 is 14.5 Å². The molecule has 3 nitrogen and oxygen atoms in total. The molecule has 64 valence electrons. The summed E-state index contributed by atoms with van der Waals surface area (Å²) >= 11 is 0. The van der Waals surface area contributed by atoms with Gasteiger partial charge in [0.25, 0.3) is 0 Å².